The van der Waals surface area contributed by atoms with E-state index in [1.54, 1.807) is 12.4 Å². The van der Waals surface area contributed by atoms with Crippen LogP contribution in [0.2, 0.25) is 0 Å². The van der Waals surface area contributed by atoms with Gasteiger partial charge < -0.3 is 0 Å². The molecule has 9 heteroatoms. The molecule has 0 unspecified atom stereocenters. The zero-order valence-corrected chi connectivity index (χ0v) is 12.8. The van der Waals surface area contributed by atoms with Crippen LogP contribution in [0.4, 0.5) is 10.2 Å². The summed E-state index contributed by atoms with van der Waals surface area (Å²) < 4.78 is 42.3. The largest absolute Gasteiger partial charge is 0.263 e. The molecule has 0 radical (unpaired) electrons. The second kappa shape index (κ2) is 5.76. The van der Waals surface area contributed by atoms with E-state index < -0.39 is 15.8 Å². The van der Waals surface area contributed by atoms with Gasteiger partial charge in [-0.2, -0.15) is 5.10 Å². The van der Waals surface area contributed by atoms with Gasteiger partial charge in [0.05, 0.1) is 17.3 Å². The van der Waals surface area contributed by atoms with E-state index in [9.17, 15) is 12.8 Å². The number of nitrogens with zero attached hydrogens (tertiary/aromatic N) is 4. The Labute approximate surface area is 131 Å². The third kappa shape index (κ3) is 3.19. The van der Waals surface area contributed by atoms with Gasteiger partial charge >= 0.3 is 0 Å². The van der Waals surface area contributed by atoms with Crippen LogP contribution in [0.15, 0.2) is 54.1 Å². The Balaban J connectivity index is 1.93. The van der Waals surface area contributed by atoms with Crippen LogP contribution in [-0.2, 0) is 10.0 Å². The van der Waals surface area contributed by atoms with Gasteiger partial charge in [-0.3, -0.25) is 9.71 Å². The van der Waals surface area contributed by atoms with Crippen molar-refractivity contribution in [3.05, 3.63) is 60.6 Å². The molecule has 118 valence electrons. The molecule has 0 saturated heterocycles. The minimum Gasteiger partial charge on any atom is -0.262 e. The normalized spacial score (nSPS) is 11.4. The van der Waals surface area contributed by atoms with Crippen LogP contribution in [0.5, 0.6) is 0 Å². The summed E-state index contributed by atoms with van der Waals surface area (Å²) in [4.78, 5) is 7.37. The number of hydrogen-bond donors (Lipinski definition) is 1. The number of sulfonamides is 1. The fourth-order valence-corrected chi connectivity index (χ4v) is 2.94. The van der Waals surface area contributed by atoms with Crippen LogP contribution < -0.4 is 4.72 Å². The highest BCUT2D eigenvalue weighted by Crippen LogP contribution is 2.20. The Kier molecular flexibility index (Phi) is 3.78. The molecule has 7 nitrogen and oxygen atoms in total. The van der Waals surface area contributed by atoms with Crippen molar-refractivity contribution in [3.8, 4) is 5.69 Å². The van der Waals surface area contributed by atoms with Crippen LogP contribution in [0.1, 0.15) is 5.56 Å². The number of anilines is 1. The molecule has 3 rings (SSSR count). The molecule has 2 heterocycles. The number of benzene rings is 1. The smallest absolute Gasteiger partial charge is 0.262 e. The number of nitrogens with one attached hydrogen (secondary N) is 1. The second-order valence-electron chi connectivity index (χ2n) is 4.77. The van der Waals surface area contributed by atoms with E-state index in [1.807, 2.05) is 6.92 Å². The molecule has 0 saturated carbocycles. The molecular weight excluding hydrogens is 321 g/mol. The lowest BCUT2D eigenvalue weighted by Crippen LogP contribution is -2.14. The number of rotatable bonds is 4. The lowest BCUT2D eigenvalue weighted by molar-refractivity contribution is 0.590. The van der Waals surface area contributed by atoms with E-state index in [1.165, 1.54) is 35.4 Å². The molecule has 0 bridgehead atoms. The summed E-state index contributed by atoms with van der Waals surface area (Å²) in [5, 5.41) is 4.00. The van der Waals surface area contributed by atoms with Crippen molar-refractivity contribution < 1.29 is 12.8 Å². The van der Waals surface area contributed by atoms with Gasteiger partial charge in [0, 0.05) is 18.6 Å². The first-order valence-electron chi connectivity index (χ1n) is 6.56. The maximum absolute atomic E-state index is 14.2. The zero-order chi connectivity index (χ0) is 16.4. The second-order valence-corrected chi connectivity index (χ2v) is 6.45. The predicted molar refractivity (Wildman–Crippen MR) is 81.1 cm³/mol. The number of aryl methyl sites for hydroxylation is 1. The lowest BCUT2D eigenvalue weighted by Gasteiger charge is -2.09. The van der Waals surface area contributed by atoms with Gasteiger partial charge in [0.2, 0.25) is 0 Å². The van der Waals surface area contributed by atoms with Crippen molar-refractivity contribution in [2.45, 2.75) is 11.8 Å². The minimum atomic E-state index is -3.95. The summed E-state index contributed by atoms with van der Waals surface area (Å²) in [7, 11) is -3.95. The van der Waals surface area contributed by atoms with Gasteiger partial charge in [-0.05, 0) is 30.7 Å². The monoisotopic (exact) mass is 333 g/mol. The van der Waals surface area contributed by atoms with Gasteiger partial charge in [0.1, 0.15) is 11.5 Å². The van der Waals surface area contributed by atoms with E-state index in [0.29, 0.717) is 0 Å². The number of aromatic nitrogens is 4. The maximum atomic E-state index is 14.2. The molecule has 0 fully saturated rings. The Morgan fingerprint density at radius 3 is 2.65 bits per heavy atom. The van der Waals surface area contributed by atoms with E-state index in [2.05, 4.69) is 19.8 Å². The lowest BCUT2D eigenvalue weighted by atomic mass is 10.3. The molecule has 0 aliphatic heterocycles. The van der Waals surface area contributed by atoms with Crippen molar-refractivity contribution in [3.63, 3.8) is 0 Å². The van der Waals surface area contributed by atoms with Crippen molar-refractivity contribution in [1.29, 1.82) is 0 Å². The van der Waals surface area contributed by atoms with E-state index in [4.69, 9.17) is 0 Å². The summed E-state index contributed by atoms with van der Waals surface area (Å²) in [5.41, 5.74) is 1.03. The Hall–Kier alpha value is -2.81. The fourth-order valence-electron chi connectivity index (χ4n) is 1.93. The highest BCUT2D eigenvalue weighted by molar-refractivity contribution is 7.92. The maximum Gasteiger partial charge on any atom is 0.263 e. The third-order valence-corrected chi connectivity index (χ3v) is 4.34. The number of hydrogen-bond acceptors (Lipinski definition) is 5. The predicted octanol–water partition coefficient (Wildman–Crippen LogP) is 1.91. The molecule has 0 spiro atoms. The summed E-state index contributed by atoms with van der Waals surface area (Å²) in [5.74, 6) is -0.644. The highest BCUT2D eigenvalue weighted by atomic mass is 32.2. The molecule has 1 N–H and O–H groups in total. The molecule has 0 amide bonds. The molecule has 23 heavy (non-hydrogen) atoms. The molecule has 1 aromatic carbocycles. The molecule has 0 atom stereocenters. The summed E-state index contributed by atoms with van der Waals surface area (Å²) in [6.07, 6.45) is 7.25. The quantitative estimate of drug-likeness (QED) is 0.788. The van der Waals surface area contributed by atoms with Gasteiger partial charge in [-0.1, -0.05) is 0 Å². The topological polar surface area (TPSA) is 89.8 Å². The Bertz CT molecular complexity index is 941. The van der Waals surface area contributed by atoms with Gasteiger partial charge in [0.25, 0.3) is 10.0 Å². The molecule has 0 aliphatic rings. The van der Waals surface area contributed by atoms with E-state index in [-0.39, 0.29) is 16.4 Å². The zero-order valence-electron chi connectivity index (χ0n) is 12.0. The van der Waals surface area contributed by atoms with Crippen LogP contribution in [0.3, 0.4) is 0 Å². The SMILES string of the molecule is Cc1cnn(-c2ccc(S(=O)(=O)Nc3cnccn3)cc2F)c1. The number of halogens is 1. The molecule has 0 aliphatic carbocycles. The Morgan fingerprint density at radius 1 is 1.22 bits per heavy atom. The standard InChI is InChI=1S/C14H12FN5O2S/c1-10-7-18-20(9-10)13-3-2-11(6-12(13)15)23(21,22)19-14-8-16-4-5-17-14/h2-9H,1H3,(H,17,19). The third-order valence-electron chi connectivity index (χ3n) is 2.99. The molecule has 2 aromatic heterocycles. The van der Waals surface area contributed by atoms with Gasteiger partial charge in [-0.15, -0.1) is 0 Å². The fraction of sp³-hybridized carbons (Fsp3) is 0.0714. The van der Waals surface area contributed by atoms with Crippen LogP contribution in [0.25, 0.3) is 5.69 Å². The average Bonchev–Trinajstić information content (AvgIpc) is 2.94. The first kappa shape index (κ1) is 15.1. The van der Waals surface area contributed by atoms with Crippen molar-refractivity contribution in [2.24, 2.45) is 0 Å². The van der Waals surface area contributed by atoms with E-state index in [0.717, 1.165) is 11.6 Å². The van der Waals surface area contributed by atoms with Crippen LogP contribution >= 0.6 is 0 Å². The summed E-state index contributed by atoms with van der Waals surface area (Å²) >= 11 is 0. The van der Waals surface area contributed by atoms with Crippen molar-refractivity contribution in [2.75, 3.05) is 4.72 Å². The van der Waals surface area contributed by atoms with Crippen molar-refractivity contribution >= 4 is 15.8 Å². The van der Waals surface area contributed by atoms with Crippen LogP contribution in [0, 0.1) is 12.7 Å². The first-order chi connectivity index (χ1) is 11.0. The molecular formula is C14H12FN5O2S. The van der Waals surface area contributed by atoms with Crippen molar-refractivity contribution in [1.82, 2.24) is 19.7 Å². The first-order valence-corrected chi connectivity index (χ1v) is 8.04. The van der Waals surface area contributed by atoms with E-state index >= 15 is 0 Å². The van der Waals surface area contributed by atoms with Gasteiger partial charge in [0.15, 0.2) is 5.82 Å². The van der Waals surface area contributed by atoms with Crippen LogP contribution in [-0.4, -0.2) is 28.2 Å². The summed E-state index contributed by atoms with van der Waals surface area (Å²) in [6, 6.07) is 3.59. The van der Waals surface area contributed by atoms with Gasteiger partial charge in [-0.25, -0.2) is 22.5 Å². The average molecular weight is 333 g/mol. The highest BCUT2D eigenvalue weighted by Gasteiger charge is 2.18. The minimum absolute atomic E-state index is 0.0553. The molecule has 3 aromatic rings. The Morgan fingerprint density at radius 2 is 2.04 bits per heavy atom. The summed E-state index contributed by atoms with van der Waals surface area (Å²) in [6.45, 7) is 1.82.